The van der Waals surface area contributed by atoms with Gasteiger partial charge in [-0.2, -0.15) is 4.74 Å². The van der Waals surface area contributed by atoms with Crippen LogP contribution in [0, 0.1) is 11.0 Å². The van der Waals surface area contributed by atoms with Crippen LogP contribution in [-0.4, -0.2) is 35.2 Å². The zero-order valence-electron chi connectivity index (χ0n) is 12.2. The first kappa shape index (κ1) is 14.3. The molecule has 0 bridgehead atoms. The second-order valence-corrected chi connectivity index (χ2v) is 6.55. The van der Waals surface area contributed by atoms with E-state index in [1.807, 2.05) is 12.1 Å². The van der Waals surface area contributed by atoms with E-state index in [-0.39, 0.29) is 23.7 Å². The van der Waals surface area contributed by atoms with E-state index in [4.69, 9.17) is 0 Å². The lowest BCUT2D eigenvalue weighted by Crippen LogP contribution is -2.38. The molecule has 2 aliphatic rings. The zero-order chi connectivity index (χ0) is 16.0. The fourth-order valence-electron chi connectivity index (χ4n) is 3.07. The van der Waals surface area contributed by atoms with E-state index in [1.54, 1.807) is 40.9 Å². The monoisotopic (exact) mass is 328 g/mol. The molecule has 0 fully saturated rings. The standard InChI is InChI=1S/C17H13FN2O2S/c18-13-6-2-1-4-11(13)16-12-5-3-7-14-17(12)19(8-9-23-14)15(21)10-20(16)22/h1-7H,8-10H2. The van der Waals surface area contributed by atoms with E-state index in [0.29, 0.717) is 16.8 Å². The first-order valence-electron chi connectivity index (χ1n) is 7.30. The lowest BCUT2D eigenvalue weighted by atomic mass is 9.99. The summed E-state index contributed by atoms with van der Waals surface area (Å²) in [6, 6.07) is 11.7. The molecule has 0 unspecified atom stereocenters. The lowest BCUT2D eigenvalue weighted by molar-refractivity contribution is -0.443. The van der Waals surface area contributed by atoms with Crippen LogP contribution in [0.1, 0.15) is 11.1 Å². The smallest absolute Gasteiger partial charge is 0.293 e. The molecule has 0 N–H and O–H groups in total. The highest BCUT2D eigenvalue weighted by Crippen LogP contribution is 2.39. The number of amides is 1. The van der Waals surface area contributed by atoms with Crippen LogP contribution < -0.4 is 4.90 Å². The average Bonchev–Trinajstić information content (AvgIpc) is 2.66. The number of anilines is 1. The van der Waals surface area contributed by atoms with Gasteiger partial charge in [-0.1, -0.05) is 18.2 Å². The van der Waals surface area contributed by atoms with E-state index >= 15 is 0 Å². The molecule has 116 valence electrons. The Bertz CT molecular complexity index is 850. The minimum absolute atomic E-state index is 0.221. The molecule has 0 atom stereocenters. The van der Waals surface area contributed by atoms with E-state index in [1.165, 1.54) is 6.07 Å². The maximum absolute atomic E-state index is 14.3. The van der Waals surface area contributed by atoms with Crippen molar-refractivity contribution in [2.24, 2.45) is 0 Å². The number of nitrogens with zero attached hydrogens (tertiary/aromatic N) is 2. The van der Waals surface area contributed by atoms with Crippen molar-refractivity contribution in [1.29, 1.82) is 0 Å². The third-order valence-corrected chi connectivity index (χ3v) is 5.08. The minimum atomic E-state index is -0.467. The molecule has 1 amide bonds. The van der Waals surface area contributed by atoms with Gasteiger partial charge in [0.1, 0.15) is 5.82 Å². The highest BCUT2D eigenvalue weighted by atomic mass is 32.2. The highest BCUT2D eigenvalue weighted by molar-refractivity contribution is 7.99. The quantitative estimate of drug-likeness (QED) is 0.597. The number of hydrogen-bond donors (Lipinski definition) is 0. The Balaban J connectivity index is 2.04. The van der Waals surface area contributed by atoms with Gasteiger partial charge in [-0.25, -0.2) is 4.39 Å². The molecule has 2 heterocycles. The maximum atomic E-state index is 14.3. The molecule has 4 rings (SSSR count). The van der Waals surface area contributed by atoms with Gasteiger partial charge < -0.3 is 10.1 Å². The summed E-state index contributed by atoms with van der Waals surface area (Å²) in [6.45, 7) is 0.258. The Kier molecular flexibility index (Phi) is 3.34. The van der Waals surface area contributed by atoms with Crippen molar-refractivity contribution in [2.75, 3.05) is 23.7 Å². The molecule has 0 saturated heterocycles. The SMILES string of the molecule is O=C1C[N+]([O-])=C(c2ccccc2F)c2cccc3c2N1CCS3. The molecule has 0 saturated carbocycles. The fraction of sp³-hybridized carbons (Fsp3) is 0.176. The molecular formula is C17H13FN2O2S. The Labute approximate surface area is 136 Å². The topological polar surface area (TPSA) is 46.4 Å². The van der Waals surface area contributed by atoms with Crippen LogP contribution in [0.25, 0.3) is 0 Å². The predicted octanol–water partition coefficient (Wildman–Crippen LogP) is 2.63. The van der Waals surface area contributed by atoms with E-state index in [2.05, 4.69) is 0 Å². The summed E-state index contributed by atoms with van der Waals surface area (Å²) in [5.74, 6) is 0.0708. The van der Waals surface area contributed by atoms with Crippen molar-refractivity contribution in [2.45, 2.75) is 4.90 Å². The van der Waals surface area contributed by atoms with Crippen LogP contribution in [0.2, 0.25) is 0 Å². The van der Waals surface area contributed by atoms with Gasteiger partial charge in [0, 0.05) is 17.2 Å². The number of hydrogen-bond acceptors (Lipinski definition) is 3. The van der Waals surface area contributed by atoms with Crippen molar-refractivity contribution in [3.63, 3.8) is 0 Å². The van der Waals surface area contributed by atoms with E-state index in [0.717, 1.165) is 16.3 Å². The molecular weight excluding hydrogens is 315 g/mol. The predicted molar refractivity (Wildman–Crippen MR) is 87.6 cm³/mol. The third-order valence-electron chi connectivity index (χ3n) is 4.05. The Morgan fingerprint density at radius 2 is 1.91 bits per heavy atom. The summed E-state index contributed by atoms with van der Waals surface area (Å²) >= 11 is 1.65. The van der Waals surface area contributed by atoms with Crippen LogP contribution in [0.3, 0.4) is 0 Å². The number of thioether (sulfide) groups is 1. The summed E-state index contributed by atoms with van der Waals surface area (Å²) in [4.78, 5) is 15.0. The van der Waals surface area contributed by atoms with Crippen LogP contribution in [0.4, 0.5) is 10.1 Å². The number of benzene rings is 2. The third kappa shape index (κ3) is 2.21. The molecule has 23 heavy (non-hydrogen) atoms. The van der Waals surface area contributed by atoms with Crippen LogP contribution >= 0.6 is 11.8 Å². The Morgan fingerprint density at radius 1 is 1.13 bits per heavy atom. The number of hydroxylamine groups is 1. The summed E-state index contributed by atoms with van der Waals surface area (Å²) in [5.41, 5.74) is 1.78. The normalized spacial score (nSPS) is 17.1. The molecule has 6 heteroatoms. The van der Waals surface area contributed by atoms with Crippen molar-refractivity contribution in [1.82, 2.24) is 0 Å². The maximum Gasteiger partial charge on any atom is 0.293 e. The van der Waals surface area contributed by atoms with Gasteiger partial charge in [0.15, 0.2) is 0 Å². The van der Waals surface area contributed by atoms with E-state index < -0.39 is 5.82 Å². The fourth-order valence-corrected chi connectivity index (χ4v) is 4.10. The minimum Gasteiger partial charge on any atom is -0.623 e. The molecule has 2 aromatic rings. The molecule has 0 aliphatic carbocycles. The van der Waals surface area contributed by atoms with Gasteiger partial charge in [0.2, 0.25) is 12.3 Å². The van der Waals surface area contributed by atoms with Gasteiger partial charge in [0.05, 0.1) is 16.8 Å². The molecule has 4 nitrogen and oxygen atoms in total. The molecule has 2 aromatic carbocycles. The number of carbonyl (C=O) groups is 1. The highest BCUT2D eigenvalue weighted by Gasteiger charge is 2.35. The van der Waals surface area contributed by atoms with Crippen molar-refractivity contribution in [3.05, 3.63) is 64.6 Å². The largest absolute Gasteiger partial charge is 0.623 e. The van der Waals surface area contributed by atoms with Gasteiger partial charge >= 0.3 is 0 Å². The second-order valence-electron chi connectivity index (χ2n) is 5.41. The second kappa shape index (κ2) is 5.38. The molecule has 0 spiro atoms. The van der Waals surface area contributed by atoms with Crippen molar-refractivity contribution < 1.29 is 13.9 Å². The van der Waals surface area contributed by atoms with Crippen molar-refractivity contribution in [3.8, 4) is 0 Å². The Morgan fingerprint density at radius 3 is 2.74 bits per heavy atom. The van der Waals surface area contributed by atoms with Gasteiger partial charge in [-0.05, 0) is 24.3 Å². The lowest BCUT2D eigenvalue weighted by Gasteiger charge is -2.28. The molecule has 0 aromatic heterocycles. The Hall–Kier alpha value is -2.34. The van der Waals surface area contributed by atoms with Crippen molar-refractivity contribution >= 4 is 29.1 Å². The first-order valence-corrected chi connectivity index (χ1v) is 8.28. The first-order chi connectivity index (χ1) is 11.2. The molecule has 2 aliphatic heterocycles. The van der Waals surface area contributed by atoms with Gasteiger partial charge in [-0.3, -0.25) is 4.79 Å². The summed E-state index contributed by atoms with van der Waals surface area (Å²) in [6.07, 6.45) is 0. The van der Waals surface area contributed by atoms with E-state index in [9.17, 15) is 14.4 Å². The summed E-state index contributed by atoms with van der Waals surface area (Å²) in [7, 11) is 0. The average molecular weight is 328 g/mol. The number of rotatable bonds is 1. The van der Waals surface area contributed by atoms with Gasteiger partial charge in [-0.15, -0.1) is 11.8 Å². The number of para-hydroxylation sites is 1. The number of carbonyl (C=O) groups excluding carboxylic acids is 1. The summed E-state index contributed by atoms with van der Waals surface area (Å²) in [5, 5.41) is 12.6. The summed E-state index contributed by atoms with van der Waals surface area (Å²) < 4.78 is 14.9. The number of halogens is 1. The molecule has 0 radical (unpaired) electrons. The van der Waals surface area contributed by atoms with Crippen LogP contribution in [0.15, 0.2) is 47.4 Å². The van der Waals surface area contributed by atoms with Crippen LogP contribution in [-0.2, 0) is 4.79 Å². The zero-order valence-corrected chi connectivity index (χ0v) is 13.0. The van der Waals surface area contributed by atoms with Gasteiger partial charge in [0.25, 0.3) is 5.91 Å². The van der Waals surface area contributed by atoms with Crippen LogP contribution in [0.5, 0.6) is 0 Å².